The molecule has 0 aliphatic rings. The van der Waals surface area contributed by atoms with Gasteiger partial charge in [0.2, 0.25) is 5.91 Å². The van der Waals surface area contributed by atoms with Crippen molar-refractivity contribution in [2.24, 2.45) is 0 Å². The minimum absolute atomic E-state index is 0. The van der Waals surface area contributed by atoms with Crippen LogP contribution in [0.3, 0.4) is 0 Å². The fourth-order valence-electron chi connectivity index (χ4n) is 1.18. The second-order valence-electron chi connectivity index (χ2n) is 3.30. The lowest BCUT2D eigenvalue weighted by Gasteiger charge is -2.06. The molecule has 0 heterocycles. The summed E-state index contributed by atoms with van der Waals surface area (Å²) in [6.45, 7) is 0.602. The number of alkyl halides is 2. The molecule has 1 amide bonds. The summed E-state index contributed by atoms with van der Waals surface area (Å²) in [5.74, 6) is -2.53. The van der Waals surface area contributed by atoms with Crippen molar-refractivity contribution in [1.29, 1.82) is 0 Å². The number of hydrogen-bond donors (Lipinski definition) is 2. The predicted octanol–water partition coefficient (Wildman–Crippen LogP) is 2.97. The SMILES string of the molecule is CNCCC(=O)Nc1ccc(SC(F)F)cc1.Cl. The van der Waals surface area contributed by atoms with E-state index in [0.29, 0.717) is 35.3 Å². The summed E-state index contributed by atoms with van der Waals surface area (Å²) in [6, 6.07) is 6.35. The quantitative estimate of drug-likeness (QED) is 0.793. The third-order valence-corrected chi connectivity index (χ3v) is 2.69. The lowest BCUT2D eigenvalue weighted by Crippen LogP contribution is -2.18. The Morgan fingerprint density at radius 1 is 1.33 bits per heavy atom. The first-order chi connectivity index (χ1) is 8.11. The molecule has 1 aromatic carbocycles. The monoisotopic (exact) mass is 296 g/mol. The molecule has 0 unspecified atom stereocenters. The van der Waals surface area contributed by atoms with Gasteiger partial charge in [-0.3, -0.25) is 4.79 Å². The summed E-state index contributed by atoms with van der Waals surface area (Å²) in [7, 11) is 1.77. The molecule has 0 saturated carbocycles. The number of hydrogen-bond acceptors (Lipinski definition) is 3. The van der Waals surface area contributed by atoms with Gasteiger partial charge >= 0.3 is 0 Å². The Hall–Kier alpha value is -0.850. The Morgan fingerprint density at radius 3 is 2.44 bits per heavy atom. The van der Waals surface area contributed by atoms with E-state index in [9.17, 15) is 13.6 Å². The molecule has 1 aromatic rings. The first-order valence-corrected chi connectivity index (χ1v) is 5.99. The van der Waals surface area contributed by atoms with Crippen molar-refractivity contribution >= 4 is 35.8 Å². The van der Waals surface area contributed by atoms with Crippen LogP contribution in [-0.2, 0) is 4.79 Å². The van der Waals surface area contributed by atoms with Crippen molar-refractivity contribution in [3.8, 4) is 0 Å². The number of nitrogens with one attached hydrogen (secondary N) is 2. The van der Waals surface area contributed by atoms with Crippen LogP contribution in [0.2, 0.25) is 0 Å². The van der Waals surface area contributed by atoms with E-state index >= 15 is 0 Å². The molecule has 0 spiro atoms. The molecule has 7 heteroatoms. The van der Waals surface area contributed by atoms with Gasteiger partial charge in [-0.15, -0.1) is 12.4 Å². The molecular weight excluding hydrogens is 282 g/mol. The first-order valence-electron chi connectivity index (χ1n) is 5.11. The number of benzene rings is 1. The Morgan fingerprint density at radius 2 is 1.94 bits per heavy atom. The van der Waals surface area contributed by atoms with E-state index in [2.05, 4.69) is 10.6 Å². The minimum atomic E-state index is -2.42. The van der Waals surface area contributed by atoms with Crippen LogP contribution in [0.15, 0.2) is 29.2 Å². The summed E-state index contributed by atoms with van der Waals surface area (Å²) >= 11 is 0.484. The van der Waals surface area contributed by atoms with Crippen LogP contribution in [-0.4, -0.2) is 25.3 Å². The summed E-state index contributed by atoms with van der Waals surface area (Å²) in [4.78, 5) is 11.8. The molecule has 0 fully saturated rings. The van der Waals surface area contributed by atoms with Gasteiger partial charge in [-0.1, -0.05) is 11.8 Å². The van der Waals surface area contributed by atoms with Crippen LogP contribution in [0.4, 0.5) is 14.5 Å². The highest BCUT2D eigenvalue weighted by Crippen LogP contribution is 2.26. The van der Waals surface area contributed by atoms with Crippen molar-refractivity contribution in [2.75, 3.05) is 18.9 Å². The van der Waals surface area contributed by atoms with Crippen molar-refractivity contribution in [1.82, 2.24) is 5.32 Å². The van der Waals surface area contributed by atoms with Crippen LogP contribution in [0.1, 0.15) is 6.42 Å². The highest BCUT2D eigenvalue weighted by atomic mass is 35.5. The zero-order valence-corrected chi connectivity index (χ0v) is 11.4. The van der Waals surface area contributed by atoms with E-state index in [-0.39, 0.29) is 18.3 Å². The maximum Gasteiger partial charge on any atom is 0.288 e. The normalized spacial score (nSPS) is 10.0. The van der Waals surface area contributed by atoms with Gasteiger partial charge in [-0.2, -0.15) is 8.78 Å². The number of carbonyl (C=O) groups is 1. The summed E-state index contributed by atoms with van der Waals surface area (Å²) in [6.07, 6.45) is 0.379. The van der Waals surface area contributed by atoms with Crippen LogP contribution < -0.4 is 10.6 Å². The molecule has 102 valence electrons. The van der Waals surface area contributed by atoms with Gasteiger partial charge in [0.1, 0.15) is 0 Å². The third-order valence-electron chi connectivity index (χ3n) is 1.97. The van der Waals surface area contributed by atoms with E-state index in [4.69, 9.17) is 0 Å². The molecule has 18 heavy (non-hydrogen) atoms. The zero-order valence-electron chi connectivity index (χ0n) is 9.78. The average molecular weight is 297 g/mol. The van der Waals surface area contributed by atoms with Gasteiger partial charge in [0.25, 0.3) is 5.76 Å². The van der Waals surface area contributed by atoms with Gasteiger partial charge in [0.15, 0.2) is 0 Å². The molecule has 0 bridgehead atoms. The Kier molecular flexibility index (Phi) is 8.70. The molecule has 3 nitrogen and oxygen atoms in total. The second kappa shape index (κ2) is 9.13. The number of amides is 1. The van der Waals surface area contributed by atoms with Crippen molar-refractivity contribution in [3.05, 3.63) is 24.3 Å². The number of thioether (sulfide) groups is 1. The fraction of sp³-hybridized carbons (Fsp3) is 0.364. The number of rotatable bonds is 6. The standard InChI is InChI=1S/C11H14F2N2OS.ClH/c1-14-7-6-10(16)15-8-2-4-9(5-3-8)17-11(12)13;/h2-5,11,14H,6-7H2,1H3,(H,15,16);1H. The second-order valence-corrected chi connectivity index (χ2v) is 4.37. The number of halogens is 3. The highest BCUT2D eigenvalue weighted by Gasteiger charge is 2.05. The largest absolute Gasteiger partial charge is 0.326 e. The van der Waals surface area contributed by atoms with Gasteiger partial charge in [-0.25, -0.2) is 0 Å². The summed E-state index contributed by atoms with van der Waals surface area (Å²) in [5.41, 5.74) is 0.615. The van der Waals surface area contributed by atoms with Crippen LogP contribution in [0, 0.1) is 0 Å². The Labute approximate surface area is 115 Å². The number of anilines is 1. The highest BCUT2D eigenvalue weighted by molar-refractivity contribution is 7.99. The van der Waals surface area contributed by atoms with E-state index < -0.39 is 5.76 Å². The van der Waals surface area contributed by atoms with E-state index in [0.717, 1.165) is 0 Å². The van der Waals surface area contributed by atoms with Crippen molar-refractivity contribution in [3.63, 3.8) is 0 Å². The van der Waals surface area contributed by atoms with Crippen LogP contribution >= 0.6 is 24.2 Å². The van der Waals surface area contributed by atoms with E-state index in [1.165, 1.54) is 0 Å². The van der Waals surface area contributed by atoms with Crippen molar-refractivity contribution in [2.45, 2.75) is 17.1 Å². The van der Waals surface area contributed by atoms with Gasteiger partial charge in [0.05, 0.1) is 0 Å². The predicted molar refractivity (Wildman–Crippen MR) is 72.7 cm³/mol. The first kappa shape index (κ1) is 17.2. The lowest BCUT2D eigenvalue weighted by atomic mass is 10.3. The van der Waals surface area contributed by atoms with E-state index in [1.807, 2.05) is 0 Å². The third kappa shape index (κ3) is 6.78. The maximum absolute atomic E-state index is 12.1. The topological polar surface area (TPSA) is 41.1 Å². The van der Waals surface area contributed by atoms with E-state index in [1.54, 1.807) is 31.3 Å². The lowest BCUT2D eigenvalue weighted by molar-refractivity contribution is -0.116. The summed E-state index contributed by atoms with van der Waals surface area (Å²) < 4.78 is 24.1. The number of carbonyl (C=O) groups excluding carboxylic acids is 1. The van der Waals surface area contributed by atoms with Crippen LogP contribution in [0.25, 0.3) is 0 Å². The molecule has 0 aromatic heterocycles. The van der Waals surface area contributed by atoms with Crippen LogP contribution in [0.5, 0.6) is 0 Å². The van der Waals surface area contributed by atoms with Gasteiger partial charge in [-0.05, 0) is 31.3 Å². The Balaban J connectivity index is 0.00000289. The van der Waals surface area contributed by atoms with Gasteiger partial charge < -0.3 is 10.6 Å². The zero-order chi connectivity index (χ0) is 12.7. The fourth-order valence-corrected chi connectivity index (χ4v) is 1.68. The molecule has 0 saturated heterocycles. The van der Waals surface area contributed by atoms with Crippen molar-refractivity contribution < 1.29 is 13.6 Å². The molecule has 0 radical (unpaired) electrons. The Bertz CT molecular complexity index is 363. The summed E-state index contributed by atoms with van der Waals surface area (Å²) in [5, 5.41) is 5.55. The minimum Gasteiger partial charge on any atom is -0.326 e. The molecule has 0 aliphatic carbocycles. The molecular formula is C11H15ClF2N2OS. The smallest absolute Gasteiger partial charge is 0.288 e. The molecule has 0 atom stereocenters. The molecule has 2 N–H and O–H groups in total. The maximum atomic E-state index is 12.1. The molecule has 0 aliphatic heterocycles. The molecule has 1 rings (SSSR count). The van der Waals surface area contributed by atoms with Gasteiger partial charge in [0, 0.05) is 23.5 Å². The average Bonchev–Trinajstić information content (AvgIpc) is 2.28.